The van der Waals surface area contributed by atoms with Gasteiger partial charge in [0.1, 0.15) is 0 Å². The first kappa shape index (κ1) is 10.4. The summed E-state index contributed by atoms with van der Waals surface area (Å²) in [5.41, 5.74) is 2.22. The molecule has 0 saturated heterocycles. The predicted molar refractivity (Wildman–Crippen MR) is 58.1 cm³/mol. The van der Waals surface area contributed by atoms with Gasteiger partial charge >= 0.3 is 0 Å². The van der Waals surface area contributed by atoms with Crippen molar-refractivity contribution in [1.29, 1.82) is 0 Å². The highest BCUT2D eigenvalue weighted by Crippen LogP contribution is 2.33. The van der Waals surface area contributed by atoms with Crippen LogP contribution in [-0.2, 0) is 15.8 Å². The Morgan fingerprint density at radius 2 is 2.13 bits per heavy atom. The van der Waals surface area contributed by atoms with E-state index in [4.69, 9.17) is 0 Å². The number of benzene rings is 1. The topological polar surface area (TPSA) is 57.6 Å². The third kappa shape index (κ3) is 1.61. The summed E-state index contributed by atoms with van der Waals surface area (Å²) in [7, 11) is -1.63. The van der Waals surface area contributed by atoms with Gasteiger partial charge in [-0.05, 0) is 24.1 Å². The fourth-order valence-electron chi connectivity index (χ4n) is 1.73. The Morgan fingerprint density at radius 3 is 2.73 bits per heavy atom. The van der Waals surface area contributed by atoms with Crippen LogP contribution in [0.4, 0.5) is 5.69 Å². The molecule has 1 aromatic rings. The summed E-state index contributed by atoms with van der Waals surface area (Å²) in [5.74, 6) is 0.0272. The highest BCUT2D eigenvalue weighted by atomic mass is 32.2. The van der Waals surface area contributed by atoms with E-state index in [2.05, 4.69) is 0 Å². The third-order valence-corrected chi connectivity index (χ3v) is 4.39. The summed E-state index contributed by atoms with van der Waals surface area (Å²) >= 11 is 0. The van der Waals surface area contributed by atoms with Crippen molar-refractivity contribution in [2.75, 3.05) is 11.4 Å². The molecule has 0 bridgehead atoms. The van der Waals surface area contributed by atoms with Gasteiger partial charge in [0.15, 0.2) is 0 Å². The Hall–Kier alpha value is -1.07. The molecule has 0 saturated carbocycles. The second kappa shape index (κ2) is 3.21. The minimum Gasteiger partial charge on any atom is -0.389 e. The maximum Gasteiger partial charge on any atom is 0.239 e. The van der Waals surface area contributed by atoms with Gasteiger partial charge in [0, 0.05) is 7.05 Å². The second-order valence-electron chi connectivity index (χ2n) is 3.79. The van der Waals surface area contributed by atoms with E-state index in [0.717, 1.165) is 11.1 Å². The molecule has 82 valence electrons. The van der Waals surface area contributed by atoms with Crippen LogP contribution in [0.25, 0.3) is 0 Å². The molecule has 0 spiro atoms. The monoisotopic (exact) mass is 227 g/mol. The van der Waals surface area contributed by atoms with Crippen LogP contribution in [0.5, 0.6) is 0 Å². The number of aliphatic hydroxyl groups excluding tert-OH is 1. The maximum absolute atomic E-state index is 11.6. The van der Waals surface area contributed by atoms with Crippen LogP contribution in [-0.4, -0.2) is 20.6 Å². The van der Waals surface area contributed by atoms with Crippen molar-refractivity contribution in [3.05, 3.63) is 29.3 Å². The Morgan fingerprint density at radius 1 is 1.47 bits per heavy atom. The lowest BCUT2D eigenvalue weighted by atomic mass is 10.1. The largest absolute Gasteiger partial charge is 0.389 e. The van der Waals surface area contributed by atoms with E-state index in [1.54, 1.807) is 32.2 Å². The summed E-state index contributed by atoms with van der Waals surface area (Å²) < 4.78 is 24.4. The van der Waals surface area contributed by atoms with Crippen molar-refractivity contribution in [2.24, 2.45) is 0 Å². The second-order valence-corrected chi connectivity index (χ2v) is 5.79. The van der Waals surface area contributed by atoms with Gasteiger partial charge in [0.2, 0.25) is 10.0 Å². The van der Waals surface area contributed by atoms with E-state index >= 15 is 0 Å². The van der Waals surface area contributed by atoms with Crippen LogP contribution in [0.15, 0.2) is 18.2 Å². The number of hydrogen-bond donors (Lipinski definition) is 1. The Bertz CT molecular complexity index is 493. The number of anilines is 1. The molecule has 4 nitrogen and oxygen atoms in total. The summed E-state index contributed by atoms with van der Waals surface area (Å²) in [6.45, 7) is 1.66. The first-order valence-corrected chi connectivity index (χ1v) is 6.30. The van der Waals surface area contributed by atoms with Crippen LogP contribution >= 0.6 is 0 Å². The molecule has 0 fully saturated rings. The van der Waals surface area contributed by atoms with Crippen LogP contribution in [0.3, 0.4) is 0 Å². The molecule has 0 amide bonds. The predicted octanol–water partition coefficient (Wildman–Crippen LogP) is 1.02. The molecule has 1 heterocycles. The lowest BCUT2D eigenvalue weighted by Crippen LogP contribution is -2.20. The Balaban J connectivity index is 2.52. The van der Waals surface area contributed by atoms with Gasteiger partial charge < -0.3 is 5.11 Å². The highest BCUT2D eigenvalue weighted by Gasteiger charge is 2.30. The molecule has 0 radical (unpaired) electrons. The molecule has 1 unspecified atom stereocenters. The molecule has 1 aromatic carbocycles. The summed E-state index contributed by atoms with van der Waals surface area (Å²) in [5, 5.41) is 9.39. The van der Waals surface area contributed by atoms with E-state index in [1.807, 2.05) is 0 Å². The quantitative estimate of drug-likeness (QED) is 0.779. The fourth-order valence-corrected chi connectivity index (χ4v) is 3.03. The average molecular weight is 227 g/mol. The van der Waals surface area contributed by atoms with Gasteiger partial charge in [-0.25, -0.2) is 8.42 Å². The lowest BCUT2D eigenvalue weighted by molar-refractivity contribution is 0.199. The summed E-state index contributed by atoms with van der Waals surface area (Å²) in [6, 6.07) is 5.24. The number of nitrogens with zero attached hydrogens (tertiary/aromatic N) is 1. The van der Waals surface area contributed by atoms with Crippen molar-refractivity contribution in [3.63, 3.8) is 0 Å². The van der Waals surface area contributed by atoms with E-state index in [9.17, 15) is 13.5 Å². The number of hydrogen-bond acceptors (Lipinski definition) is 3. The lowest BCUT2D eigenvalue weighted by Gasteiger charge is -2.11. The number of sulfonamides is 1. The van der Waals surface area contributed by atoms with Crippen molar-refractivity contribution >= 4 is 15.7 Å². The van der Waals surface area contributed by atoms with Gasteiger partial charge in [0.25, 0.3) is 0 Å². The van der Waals surface area contributed by atoms with Crippen molar-refractivity contribution in [2.45, 2.75) is 18.8 Å². The molecule has 15 heavy (non-hydrogen) atoms. The molecule has 1 aliphatic rings. The smallest absolute Gasteiger partial charge is 0.239 e. The van der Waals surface area contributed by atoms with Gasteiger partial charge in [-0.3, -0.25) is 4.31 Å². The van der Waals surface area contributed by atoms with E-state index < -0.39 is 16.1 Å². The van der Waals surface area contributed by atoms with Gasteiger partial charge in [-0.15, -0.1) is 0 Å². The molecule has 5 heteroatoms. The molecule has 0 aromatic heterocycles. The van der Waals surface area contributed by atoms with Crippen molar-refractivity contribution in [1.82, 2.24) is 0 Å². The highest BCUT2D eigenvalue weighted by molar-refractivity contribution is 7.92. The number of aliphatic hydroxyl groups is 1. The zero-order valence-corrected chi connectivity index (χ0v) is 9.45. The number of rotatable bonds is 1. The normalized spacial score (nSPS) is 20.1. The first-order valence-electron chi connectivity index (χ1n) is 4.69. The van der Waals surface area contributed by atoms with Crippen LogP contribution in [0, 0.1) is 0 Å². The number of fused-ring (bicyclic) bond motifs is 1. The SMILES string of the molecule is CC(O)c1ccc2c(c1)CS(=O)(=O)N2C. The van der Waals surface area contributed by atoms with Gasteiger partial charge in [-0.1, -0.05) is 12.1 Å². The Labute approximate surface area is 89.2 Å². The van der Waals surface area contributed by atoms with E-state index in [1.165, 1.54) is 4.31 Å². The molecule has 1 aliphatic heterocycles. The summed E-state index contributed by atoms with van der Waals surface area (Å²) in [4.78, 5) is 0. The van der Waals surface area contributed by atoms with Crippen LogP contribution < -0.4 is 4.31 Å². The van der Waals surface area contributed by atoms with E-state index in [0.29, 0.717) is 5.69 Å². The standard InChI is InChI=1S/C10H13NO3S/c1-7(12)8-3-4-10-9(5-8)6-15(13,14)11(10)2/h3-5,7,12H,6H2,1-2H3. The molecular formula is C10H13NO3S. The third-order valence-electron chi connectivity index (χ3n) is 2.68. The molecule has 2 rings (SSSR count). The van der Waals surface area contributed by atoms with Gasteiger partial charge in [0.05, 0.1) is 17.5 Å². The molecule has 1 atom stereocenters. The summed E-state index contributed by atoms with van der Waals surface area (Å²) in [6.07, 6.45) is -0.566. The fraction of sp³-hybridized carbons (Fsp3) is 0.400. The van der Waals surface area contributed by atoms with Crippen LogP contribution in [0.2, 0.25) is 0 Å². The first-order chi connectivity index (χ1) is 6.92. The molecule has 0 aliphatic carbocycles. The molecular weight excluding hydrogens is 214 g/mol. The average Bonchev–Trinajstić information content (AvgIpc) is 2.37. The maximum atomic E-state index is 11.6. The van der Waals surface area contributed by atoms with Crippen LogP contribution in [0.1, 0.15) is 24.2 Å². The van der Waals surface area contributed by atoms with E-state index in [-0.39, 0.29) is 5.75 Å². The van der Waals surface area contributed by atoms with Crippen molar-refractivity contribution < 1.29 is 13.5 Å². The minimum absolute atomic E-state index is 0.0272. The Kier molecular flexibility index (Phi) is 2.24. The van der Waals surface area contributed by atoms with Crippen molar-refractivity contribution in [3.8, 4) is 0 Å². The minimum atomic E-state index is -3.17. The zero-order chi connectivity index (χ0) is 11.2. The zero-order valence-electron chi connectivity index (χ0n) is 8.64. The van der Waals surface area contributed by atoms with Gasteiger partial charge in [-0.2, -0.15) is 0 Å². The molecule has 1 N–H and O–H groups in total.